The maximum atomic E-state index is 12.4. The van der Waals surface area contributed by atoms with E-state index >= 15 is 0 Å². The first kappa shape index (κ1) is 35.4. The van der Waals surface area contributed by atoms with Crippen molar-refractivity contribution in [1.29, 1.82) is 0 Å². The molecule has 0 saturated heterocycles. The molecule has 2 atom stereocenters. The van der Waals surface area contributed by atoms with Crippen LogP contribution in [-0.2, 0) is 20.7 Å². The summed E-state index contributed by atoms with van der Waals surface area (Å²) in [6.45, 7) is 18.5. The van der Waals surface area contributed by atoms with Gasteiger partial charge in [-0.05, 0) is 91.2 Å². The first-order chi connectivity index (χ1) is 19.6. The van der Waals surface area contributed by atoms with Gasteiger partial charge < -0.3 is 29.5 Å². The van der Waals surface area contributed by atoms with Crippen LogP contribution in [0, 0.1) is 5.92 Å². The fourth-order valence-electron chi connectivity index (χ4n) is 5.42. The van der Waals surface area contributed by atoms with Crippen molar-refractivity contribution in [2.75, 3.05) is 19.8 Å². The number of aromatic hydroxyl groups is 1. The number of carboxylic acid groups (broad SMARTS) is 2. The predicted octanol–water partition coefficient (Wildman–Crippen LogP) is 7.67. The first-order valence-electron chi connectivity index (χ1n) is 15.2. The Labute approximate surface area is 251 Å². The second-order valence-electron chi connectivity index (χ2n) is 12.9. The molecule has 1 aliphatic carbocycles. The van der Waals surface area contributed by atoms with Crippen molar-refractivity contribution in [1.82, 2.24) is 0 Å². The summed E-state index contributed by atoms with van der Waals surface area (Å²) in [6.07, 6.45) is 7.60. The van der Waals surface area contributed by atoms with Gasteiger partial charge in [0.15, 0.2) is 0 Å². The standard InChI is InChI=1S/C34H52O8/c1-9-10-11-12-24-20-27(40-17-18-41-34(7,8)21-42-33(5,6)16-15-28(35)36)30(31(37)29(24)32(38)39)26-19-23(4)13-14-25(26)22(2)3/h19-20,25-26,37H,2,9-18,21H2,1,3-8H3,(H,35,36)(H,38,39). The molecule has 8 nitrogen and oxygen atoms in total. The average Bonchev–Trinajstić information content (AvgIpc) is 2.89. The summed E-state index contributed by atoms with van der Waals surface area (Å²) in [7, 11) is 0. The van der Waals surface area contributed by atoms with E-state index in [9.17, 15) is 19.8 Å². The maximum absolute atomic E-state index is 12.4. The molecule has 0 spiro atoms. The topological polar surface area (TPSA) is 123 Å². The van der Waals surface area contributed by atoms with Crippen LogP contribution in [0.3, 0.4) is 0 Å². The molecule has 0 radical (unpaired) electrons. The lowest BCUT2D eigenvalue weighted by molar-refractivity contribution is -0.142. The van der Waals surface area contributed by atoms with Crippen molar-refractivity contribution in [3.8, 4) is 11.5 Å². The minimum Gasteiger partial charge on any atom is -0.507 e. The van der Waals surface area contributed by atoms with Crippen LogP contribution >= 0.6 is 0 Å². The minimum atomic E-state index is -1.15. The van der Waals surface area contributed by atoms with Gasteiger partial charge in [0, 0.05) is 17.9 Å². The quantitative estimate of drug-likeness (QED) is 0.118. The molecule has 0 aromatic heterocycles. The fraction of sp³-hybridized carbons (Fsp3) is 0.647. The zero-order valence-electron chi connectivity index (χ0n) is 26.7. The third-order valence-electron chi connectivity index (χ3n) is 7.95. The summed E-state index contributed by atoms with van der Waals surface area (Å²) in [5, 5.41) is 30.6. The summed E-state index contributed by atoms with van der Waals surface area (Å²) >= 11 is 0. The molecule has 2 unspecified atom stereocenters. The molecule has 1 aliphatic rings. The van der Waals surface area contributed by atoms with Crippen LogP contribution < -0.4 is 4.74 Å². The van der Waals surface area contributed by atoms with Crippen LogP contribution in [0.25, 0.3) is 0 Å². The molecule has 1 aromatic carbocycles. The van der Waals surface area contributed by atoms with Crippen molar-refractivity contribution in [3.63, 3.8) is 0 Å². The molecule has 1 aromatic rings. The number of allylic oxidation sites excluding steroid dienone is 3. The Kier molecular flexibility index (Phi) is 13.1. The van der Waals surface area contributed by atoms with Gasteiger partial charge in [-0.3, -0.25) is 4.79 Å². The van der Waals surface area contributed by atoms with Crippen molar-refractivity contribution in [3.05, 3.63) is 46.6 Å². The van der Waals surface area contributed by atoms with E-state index in [1.807, 2.05) is 34.6 Å². The highest BCUT2D eigenvalue weighted by molar-refractivity contribution is 5.94. The monoisotopic (exact) mass is 588 g/mol. The van der Waals surface area contributed by atoms with E-state index in [1.54, 1.807) is 6.07 Å². The number of unbranched alkanes of at least 4 members (excludes halogenated alkanes) is 2. The van der Waals surface area contributed by atoms with Crippen LogP contribution in [0.15, 0.2) is 29.9 Å². The molecule has 0 heterocycles. The van der Waals surface area contributed by atoms with Gasteiger partial charge >= 0.3 is 11.9 Å². The van der Waals surface area contributed by atoms with Gasteiger partial charge in [-0.25, -0.2) is 4.79 Å². The SMILES string of the molecule is C=C(C)C1CCC(C)=CC1c1c(OCCOC(C)(C)COC(C)(C)CCC(=O)O)cc(CCCCC)c(C(=O)O)c1O. The zero-order valence-corrected chi connectivity index (χ0v) is 26.7. The highest BCUT2D eigenvalue weighted by Gasteiger charge is 2.34. The number of rotatable bonds is 18. The number of aliphatic carboxylic acids is 1. The molecule has 0 amide bonds. The number of aryl methyl sites for hydroxylation is 1. The highest BCUT2D eigenvalue weighted by Crippen LogP contribution is 2.48. The number of benzene rings is 1. The summed E-state index contributed by atoms with van der Waals surface area (Å²) in [5.41, 5.74) is 1.91. The van der Waals surface area contributed by atoms with Crippen molar-refractivity contribution < 1.29 is 39.1 Å². The number of hydrogen-bond donors (Lipinski definition) is 3. The largest absolute Gasteiger partial charge is 0.507 e. The lowest BCUT2D eigenvalue weighted by Crippen LogP contribution is -2.37. The molecule has 42 heavy (non-hydrogen) atoms. The molecule has 0 bridgehead atoms. The van der Waals surface area contributed by atoms with Gasteiger partial charge in [0.25, 0.3) is 0 Å². The number of aromatic carboxylic acids is 1. The van der Waals surface area contributed by atoms with Crippen LogP contribution in [0.4, 0.5) is 0 Å². The average molecular weight is 589 g/mol. The van der Waals surface area contributed by atoms with Gasteiger partial charge in [0.1, 0.15) is 23.7 Å². The molecule has 0 fully saturated rings. The predicted molar refractivity (Wildman–Crippen MR) is 165 cm³/mol. The molecule has 0 saturated carbocycles. The lowest BCUT2D eigenvalue weighted by Gasteiger charge is -2.33. The Morgan fingerprint density at radius 2 is 1.76 bits per heavy atom. The summed E-state index contributed by atoms with van der Waals surface area (Å²) in [5.74, 6) is -1.97. The second kappa shape index (κ2) is 15.6. The lowest BCUT2D eigenvalue weighted by atomic mass is 9.73. The van der Waals surface area contributed by atoms with Gasteiger partial charge in [-0.2, -0.15) is 0 Å². The molecule has 8 heteroatoms. The molecular weight excluding hydrogens is 536 g/mol. The summed E-state index contributed by atoms with van der Waals surface area (Å²) in [4.78, 5) is 23.3. The number of phenols is 1. The Morgan fingerprint density at radius 3 is 2.36 bits per heavy atom. The maximum Gasteiger partial charge on any atom is 0.339 e. The minimum absolute atomic E-state index is 0.0281. The number of carboxylic acids is 2. The Balaban J connectivity index is 2.31. The molecule has 2 rings (SSSR count). The Morgan fingerprint density at radius 1 is 1.07 bits per heavy atom. The van der Waals surface area contributed by atoms with Crippen LogP contribution in [-0.4, -0.2) is 58.3 Å². The van der Waals surface area contributed by atoms with Crippen molar-refractivity contribution in [2.24, 2.45) is 5.92 Å². The Hall–Kier alpha value is -2.84. The number of ether oxygens (including phenoxy) is 3. The normalized spacial score (nSPS) is 17.5. The van der Waals surface area contributed by atoms with Gasteiger partial charge in [-0.15, -0.1) is 0 Å². The second-order valence-corrected chi connectivity index (χ2v) is 12.9. The molecule has 0 aliphatic heterocycles. The van der Waals surface area contributed by atoms with Crippen LogP contribution in [0.1, 0.15) is 121 Å². The Bertz CT molecular complexity index is 1130. The zero-order chi connectivity index (χ0) is 31.7. The molecule has 236 valence electrons. The fourth-order valence-corrected chi connectivity index (χ4v) is 5.42. The van der Waals surface area contributed by atoms with Crippen molar-refractivity contribution >= 4 is 11.9 Å². The van der Waals surface area contributed by atoms with E-state index < -0.39 is 23.1 Å². The van der Waals surface area contributed by atoms with Crippen LogP contribution in [0.5, 0.6) is 11.5 Å². The third kappa shape index (κ3) is 10.5. The molecule has 3 N–H and O–H groups in total. The highest BCUT2D eigenvalue weighted by atomic mass is 16.6. The smallest absolute Gasteiger partial charge is 0.339 e. The number of hydrogen-bond acceptors (Lipinski definition) is 6. The number of carbonyl (C=O) groups is 2. The summed E-state index contributed by atoms with van der Waals surface area (Å²) < 4.78 is 18.3. The summed E-state index contributed by atoms with van der Waals surface area (Å²) in [6, 6.07) is 1.79. The van der Waals surface area contributed by atoms with E-state index in [0.717, 1.165) is 37.7 Å². The van der Waals surface area contributed by atoms with Crippen molar-refractivity contribution in [2.45, 2.75) is 117 Å². The third-order valence-corrected chi connectivity index (χ3v) is 7.95. The molecular formula is C34H52O8. The van der Waals surface area contributed by atoms with Crippen LogP contribution in [0.2, 0.25) is 0 Å². The van der Waals surface area contributed by atoms with E-state index in [0.29, 0.717) is 29.7 Å². The van der Waals surface area contributed by atoms with Gasteiger partial charge in [0.2, 0.25) is 0 Å². The van der Waals surface area contributed by atoms with E-state index in [1.165, 1.54) is 5.57 Å². The van der Waals surface area contributed by atoms with E-state index in [4.69, 9.17) is 19.3 Å². The van der Waals surface area contributed by atoms with Gasteiger partial charge in [0.05, 0.1) is 24.4 Å². The van der Waals surface area contributed by atoms with Gasteiger partial charge in [-0.1, -0.05) is 43.6 Å². The van der Waals surface area contributed by atoms with E-state index in [-0.39, 0.29) is 49.4 Å². The first-order valence-corrected chi connectivity index (χ1v) is 15.2. The van der Waals surface area contributed by atoms with E-state index in [2.05, 4.69) is 26.5 Å².